The maximum Gasteiger partial charge on any atom is 0.393 e. The molecule has 0 unspecified atom stereocenters. The van der Waals surface area contributed by atoms with Gasteiger partial charge < -0.3 is 10.2 Å². The molecule has 0 atom stereocenters. The van der Waals surface area contributed by atoms with Crippen LogP contribution >= 0.6 is 11.3 Å². The number of fused-ring (bicyclic) bond motifs is 1. The zero-order chi connectivity index (χ0) is 20.1. The first-order valence-electron chi connectivity index (χ1n) is 9.76. The lowest BCUT2D eigenvalue weighted by molar-refractivity contribution is -0.126. The number of hydrogen-bond acceptors (Lipinski definition) is 5. The van der Waals surface area contributed by atoms with E-state index in [1.165, 1.54) is 6.33 Å². The van der Waals surface area contributed by atoms with Crippen LogP contribution in [0.1, 0.15) is 24.1 Å². The minimum absolute atomic E-state index is 0.272. The van der Waals surface area contributed by atoms with Gasteiger partial charge in [0.05, 0.1) is 11.8 Å². The summed E-state index contributed by atoms with van der Waals surface area (Å²) in [5, 5.41) is 4.33. The molecule has 1 saturated carbocycles. The standard InChI is InChI=1S/C21H21F3N4S/c22-21(23,24)11-16-8-17-18(25-13-26-19(17)29-16)28-7-6-20(12-28)9-15(10-20)27-14-4-2-1-3-5-14/h1-5,8,13,15,27H,6-7,9-12H2. The Morgan fingerprint density at radius 2 is 1.97 bits per heavy atom. The quantitative estimate of drug-likeness (QED) is 0.627. The Labute approximate surface area is 170 Å². The van der Waals surface area contributed by atoms with Crippen LogP contribution in [0.5, 0.6) is 0 Å². The number of rotatable bonds is 4. The van der Waals surface area contributed by atoms with Crippen molar-refractivity contribution in [3.05, 3.63) is 47.6 Å². The second kappa shape index (κ2) is 6.86. The number of aromatic nitrogens is 2. The van der Waals surface area contributed by atoms with E-state index in [9.17, 15) is 13.2 Å². The highest BCUT2D eigenvalue weighted by Gasteiger charge is 2.49. The first kappa shape index (κ1) is 18.7. The van der Waals surface area contributed by atoms with Gasteiger partial charge in [-0.15, -0.1) is 11.3 Å². The smallest absolute Gasteiger partial charge is 0.382 e. The summed E-state index contributed by atoms with van der Waals surface area (Å²) in [4.78, 5) is 11.8. The summed E-state index contributed by atoms with van der Waals surface area (Å²) < 4.78 is 38.3. The van der Waals surface area contributed by atoms with Crippen molar-refractivity contribution in [3.63, 3.8) is 0 Å². The van der Waals surface area contributed by atoms with Gasteiger partial charge in [-0.25, -0.2) is 9.97 Å². The van der Waals surface area contributed by atoms with Gasteiger partial charge in [0.2, 0.25) is 0 Å². The highest BCUT2D eigenvalue weighted by molar-refractivity contribution is 7.18. The predicted molar refractivity (Wildman–Crippen MR) is 110 cm³/mol. The average molecular weight is 418 g/mol. The molecule has 2 aromatic heterocycles. The van der Waals surface area contributed by atoms with Crippen LogP contribution in [-0.2, 0) is 6.42 Å². The van der Waals surface area contributed by atoms with E-state index in [0.29, 0.717) is 15.7 Å². The molecule has 3 aromatic rings. The molecular formula is C21H21F3N4S. The lowest BCUT2D eigenvalue weighted by Crippen LogP contribution is -2.46. The van der Waals surface area contributed by atoms with Gasteiger partial charge in [0.15, 0.2) is 0 Å². The van der Waals surface area contributed by atoms with Crippen LogP contribution in [0.15, 0.2) is 42.7 Å². The lowest BCUT2D eigenvalue weighted by Gasteiger charge is -2.46. The molecule has 1 saturated heterocycles. The van der Waals surface area contributed by atoms with Crippen molar-refractivity contribution in [2.75, 3.05) is 23.3 Å². The zero-order valence-corrected chi connectivity index (χ0v) is 16.6. The molecule has 152 valence electrons. The largest absolute Gasteiger partial charge is 0.393 e. The summed E-state index contributed by atoms with van der Waals surface area (Å²) in [5.41, 5.74) is 1.42. The normalized spacial score (nSPS) is 24.2. The summed E-state index contributed by atoms with van der Waals surface area (Å²) in [6, 6.07) is 12.3. The van der Waals surface area contributed by atoms with Gasteiger partial charge in [-0.2, -0.15) is 13.2 Å². The van der Waals surface area contributed by atoms with Crippen molar-refractivity contribution < 1.29 is 13.2 Å². The number of para-hydroxylation sites is 1. The first-order valence-corrected chi connectivity index (χ1v) is 10.6. The van der Waals surface area contributed by atoms with Crippen LogP contribution in [-0.4, -0.2) is 35.3 Å². The van der Waals surface area contributed by atoms with E-state index in [1.54, 1.807) is 6.07 Å². The van der Waals surface area contributed by atoms with E-state index in [0.717, 1.165) is 60.6 Å². The third-order valence-corrected chi connectivity index (χ3v) is 7.02. The summed E-state index contributed by atoms with van der Waals surface area (Å²) in [6.45, 7) is 1.78. The number of hydrogen-bond donors (Lipinski definition) is 1. The van der Waals surface area contributed by atoms with Crippen LogP contribution in [0, 0.1) is 5.41 Å². The Morgan fingerprint density at radius 1 is 1.17 bits per heavy atom. The zero-order valence-electron chi connectivity index (χ0n) is 15.7. The highest BCUT2D eigenvalue weighted by Crippen LogP contribution is 2.50. The average Bonchev–Trinajstić information content (AvgIpc) is 3.24. The van der Waals surface area contributed by atoms with Crippen LogP contribution in [0.4, 0.5) is 24.7 Å². The Morgan fingerprint density at radius 3 is 2.72 bits per heavy atom. The number of nitrogens with zero attached hydrogens (tertiary/aromatic N) is 3. The van der Waals surface area contributed by atoms with Gasteiger partial charge in [0.25, 0.3) is 0 Å². The summed E-state index contributed by atoms with van der Waals surface area (Å²) in [7, 11) is 0. The van der Waals surface area contributed by atoms with Gasteiger partial charge in [0.1, 0.15) is 17.0 Å². The molecule has 8 heteroatoms. The number of nitrogens with one attached hydrogen (secondary N) is 1. The second-order valence-corrected chi connectivity index (χ2v) is 9.32. The van der Waals surface area contributed by atoms with Gasteiger partial charge in [0, 0.05) is 29.7 Å². The van der Waals surface area contributed by atoms with Crippen molar-refractivity contribution in [1.29, 1.82) is 0 Å². The number of anilines is 2. The second-order valence-electron chi connectivity index (χ2n) is 8.21. The molecule has 1 aliphatic carbocycles. The summed E-state index contributed by atoms with van der Waals surface area (Å²) in [5.74, 6) is 0.774. The third-order valence-electron chi connectivity index (χ3n) is 5.98. The monoisotopic (exact) mass is 418 g/mol. The van der Waals surface area contributed by atoms with Crippen molar-refractivity contribution in [3.8, 4) is 0 Å². The fourth-order valence-electron chi connectivity index (χ4n) is 4.74. The molecule has 3 heterocycles. The van der Waals surface area contributed by atoms with Crippen LogP contribution < -0.4 is 10.2 Å². The molecular weight excluding hydrogens is 397 g/mol. The fraction of sp³-hybridized carbons (Fsp3) is 0.429. The van der Waals surface area contributed by atoms with E-state index in [4.69, 9.17) is 0 Å². The molecule has 0 amide bonds. The van der Waals surface area contributed by atoms with E-state index >= 15 is 0 Å². The minimum Gasteiger partial charge on any atom is -0.382 e. The maximum atomic E-state index is 12.8. The molecule has 1 aliphatic heterocycles. The third kappa shape index (κ3) is 3.77. The van der Waals surface area contributed by atoms with Crippen LogP contribution in [0.25, 0.3) is 10.2 Å². The van der Waals surface area contributed by atoms with Crippen molar-refractivity contribution in [1.82, 2.24) is 9.97 Å². The maximum absolute atomic E-state index is 12.8. The van der Waals surface area contributed by atoms with E-state index in [2.05, 4.69) is 32.3 Å². The van der Waals surface area contributed by atoms with Gasteiger partial charge in [-0.3, -0.25) is 0 Å². The molecule has 0 radical (unpaired) electrons. The molecule has 2 aliphatic rings. The lowest BCUT2D eigenvalue weighted by atomic mass is 9.65. The summed E-state index contributed by atoms with van der Waals surface area (Å²) >= 11 is 1.11. The number of alkyl halides is 3. The molecule has 1 N–H and O–H groups in total. The molecule has 0 bridgehead atoms. The molecule has 2 fully saturated rings. The molecule has 29 heavy (non-hydrogen) atoms. The molecule has 1 spiro atoms. The van der Waals surface area contributed by atoms with Crippen molar-refractivity contribution in [2.45, 2.75) is 37.9 Å². The van der Waals surface area contributed by atoms with Crippen LogP contribution in [0.3, 0.4) is 0 Å². The van der Waals surface area contributed by atoms with Gasteiger partial charge in [-0.05, 0) is 42.9 Å². The van der Waals surface area contributed by atoms with Gasteiger partial charge >= 0.3 is 6.18 Å². The topological polar surface area (TPSA) is 41.0 Å². The Balaban J connectivity index is 1.29. The van der Waals surface area contributed by atoms with Crippen molar-refractivity contribution >= 4 is 33.1 Å². The van der Waals surface area contributed by atoms with Gasteiger partial charge in [-0.1, -0.05) is 18.2 Å². The Kier molecular flexibility index (Phi) is 4.42. The minimum atomic E-state index is -4.21. The number of benzene rings is 1. The Bertz CT molecular complexity index is 1010. The summed E-state index contributed by atoms with van der Waals surface area (Å²) in [6.07, 6.45) is -0.351. The fourth-order valence-corrected chi connectivity index (χ4v) is 5.76. The van der Waals surface area contributed by atoms with E-state index < -0.39 is 12.6 Å². The molecule has 1 aromatic carbocycles. The number of thiophene rings is 1. The highest BCUT2D eigenvalue weighted by atomic mass is 32.1. The van der Waals surface area contributed by atoms with Crippen LogP contribution in [0.2, 0.25) is 0 Å². The van der Waals surface area contributed by atoms with E-state index in [-0.39, 0.29) is 5.41 Å². The first-order chi connectivity index (χ1) is 13.9. The van der Waals surface area contributed by atoms with E-state index in [1.807, 2.05) is 18.2 Å². The Hall–Kier alpha value is -2.35. The molecule has 5 rings (SSSR count). The SMILES string of the molecule is FC(F)(F)Cc1cc2c(N3CCC4(CC(Nc5ccccc5)C4)C3)ncnc2s1. The number of halogens is 3. The van der Waals surface area contributed by atoms with Crippen molar-refractivity contribution in [2.24, 2.45) is 5.41 Å². The molecule has 4 nitrogen and oxygen atoms in total. The predicted octanol–water partition coefficient (Wildman–Crippen LogP) is 5.27.